The SMILES string of the molecule is Cc1occc1CN(C)CCCC(=O)c1ccc(F)cc1. The number of Topliss-reactive ketones (excluding diaryl/α,β-unsaturated/α-hetero) is 1. The summed E-state index contributed by atoms with van der Waals surface area (Å²) in [6.45, 7) is 3.59. The fraction of sp³-hybridized carbons (Fsp3) is 0.353. The molecule has 0 N–H and O–H groups in total. The second-order valence-electron chi connectivity index (χ2n) is 5.27. The third-order valence-electron chi connectivity index (χ3n) is 3.52. The molecule has 1 heterocycles. The zero-order chi connectivity index (χ0) is 15.2. The number of furan rings is 1. The van der Waals surface area contributed by atoms with E-state index in [1.165, 1.54) is 29.8 Å². The van der Waals surface area contributed by atoms with Gasteiger partial charge in [-0.3, -0.25) is 4.79 Å². The Bertz CT molecular complexity index is 589. The van der Waals surface area contributed by atoms with Crippen molar-refractivity contribution in [2.45, 2.75) is 26.3 Å². The highest BCUT2D eigenvalue weighted by Crippen LogP contribution is 2.12. The molecule has 2 aromatic rings. The van der Waals surface area contributed by atoms with Crippen molar-refractivity contribution in [3.05, 3.63) is 59.3 Å². The Morgan fingerprint density at radius 2 is 1.95 bits per heavy atom. The van der Waals surface area contributed by atoms with Crippen LogP contribution < -0.4 is 0 Å². The number of benzene rings is 1. The number of nitrogens with zero attached hydrogens (tertiary/aromatic N) is 1. The van der Waals surface area contributed by atoms with E-state index < -0.39 is 0 Å². The lowest BCUT2D eigenvalue weighted by Gasteiger charge is -2.15. The number of carbonyl (C=O) groups excluding carboxylic acids is 1. The van der Waals surface area contributed by atoms with Gasteiger partial charge in [0.1, 0.15) is 11.6 Å². The summed E-state index contributed by atoms with van der Waals surface area (Å²) in [5.74, 6) is 0.675. The van der Waals surface area contributed by atoms with Gasteiger partial charge in [0, 0.05) is 24.1 Å². The van der Waals surface area contributed by atoms with Crippen LogP contribution >= 0.6 is 0 Å². The molecule has 0 saturated heterocycles. The van der Waals surface area contributed by atoms with Crippen LogP contribution in [0.1, 0.15) is 34.5 Å². The van der Waals surface area contributed by atoms with E-state index in [-0.39, 0.29) is 11.6 Å². The summed E-state index contributed by atoms with van der Waals surface area (Å²) < 4.78 is 18.1. The van der Waals surface area contributed by atoms with Crippen molar-refractivity contribution in [3.8, 4) is 0 Å². The monoisotopic (exact) mass is 289 g/mol. The Morgan fingerprint density at radius 1 is 1.24 bits per heavy atom. The minimum atomic E-state index is -0.318. The lowest BCUT2D eigenvalue weighted by Crippen LogP contribution is -2.20. The Morgan fingerprint density at radius 3 is 2.57 bits per heavy atom. The van der Waals surface area contributed by atoms with Crippen molar-refractivity contribution in [2.75, 3.05) is 13.6 Å². The molecule has 0 aliphatic heterocycles. The van der Waals surface area contributed by atoms with Gasteiger partial charge in [-0.2, -0.15) is 0 Å². The van der Waals surface area contributed by atoms with E-state index >= 15 is 0 Å². The first-order valence-corrected chi connectivity index (χ1v) is 7.06. The fourth-order valence-corrected chi connectivity index (χ4v) is 2.23. The zero-order valence-electron chi connectivity index (χ0n) is 12.4. The molecular weight excluding hydrogens is 269 g/mol. The third kappa shape index (κ3) is 4.53. The van der Waals surface area contributed by atoms with Crippen molar-refractivity contribution in [2.24, 2.45) is 0 Å². The smallest absolute Gasteiger partial charge is 0.162 e. The van der Waals surface area contributed by atoms with E-state index in [4.69, 9.17) is 4.42 Å². The predicted octanol–water partition coefficient (Wildman–Crippen LogP) is 3.82. The molecule has 112 valence electrons. The number of aryl methyl sites for hydroxylation is 1. The summed E-state index contributed by atoms with van der Waals surface area (Å²) in [4.78, 5) is 14.1. The van der Waals surface area contributed by atoms with Crippen molar-refractivity contribution < 1.29 is 13.6 Å². The molecule has 0 bridgehead atoms. The Hall–Kier alpha value is -1.94. The number of carbonyl (C=O) groups is 1. The maximum Gasteiger partial charge on any atom is 0.162 e. The highest BCUT2D eigenvalue weighted by molar-refractivity contribution is 5.95. The molecule has 0 atom stereocenters. The molecule has 0 amide bonds. The molecule has 0 radical (unpaired) electrons. The first-order valence-electron chi connectivity index (χ1n) is 7.06. The second kappa shape index (κ2) is 7.18. The average molecular weight is 289 g/mol. The summed E-state index contributed by atoms with van der Waals surface area (Å²) in [6, 6.07) is 7.68. The maximum atomic E-state index is 12.8. The quantitative estimate of drug-likeness (QED) is 0.726. The summed E-state index contributed by atoms with van der Waals surface area (Å²) in [6.07, 6.45) is 2.94. The Balaban J connectivity index is 1.75. The lowest BCUT2D eigenvalue weighted by atomic mass is 10.1. The molecule has 1 aromatic heterocycles. The van der Waals surface area contributed by atoms with E-state index in [1.807, 2.05) is 20.0 Å². The first-order chi connectivity index (χ1) is 10.1. The van der Waals surface area contributed by atoms with Crippen LogP contribution in [0.15, 0.2) is 41.0 Å². The molecule has 0 spiro atoms. The molecule has 2 rings (SSSR count). The number of halogens is 1. The minimum absolute atomic E-state index is 0.0582. The van der Waals surface area contributed by atoms with Crippen molar-refractivity contribution in [3.63, 3.8) is 0 Å². The number of hydrogen-bond donors (Lipinski definition) is 0. The predicted molar refractivity (Wildman–Crippen MR) is 79.7 cm³/mol. The second-order valence-corrected chi connectivity index (χ2v) is 5.27. The molecule has 1 aromatic carbocycles. The Kier molecular flexibility index (Phi) is 5.28. The normalized spacial score (nSPS) is 11.0. The number of hydrogen-bond acceptors (Lipinski definition) is 3. The molecule has 4 heteroatoms. The van der Waals surface area contributed by atoms with Gasteiger partial charge in [0.15, 0.2) is 5.78 Å². The van der Waals surface area contributed by atoms with Gasteiger partial charge in [0.25, 0.3) is 0 Å². The van der Waals surface area contributed by atoms with Gasteiger partial charge in [0.05, 0.1) is 6.26 Å². The lowest BCUT2D eigenvalue weighted by molar-refractivity contribution is 0.0976. The van der Waals surface area contributed by atoms with Crippen LogP contribution in [0, 0.1) is 12.7 Å². The van der Waals surface area contributed by atoms with E-state index in [0.29, 0.717) is 12.0 Å². The van der Waals surface area contributed by atoms with Gasteiger partial charge in [0.2, 0.25) is 0 Å². The molecular formula is C17H20FNO2. The first kappa shape index (κ1) is 15.4. The van der Waals surface area contributed by atoms with Crippen molar-refractivity contribution in [1.29, 1.82) is 0 Å². The summed E-state index contributed by atoms with van der Waals surface area (Å²) in [7, 11) is 2.02. The number of rotatable bonds is 7. The topological polar surface area (TPSA) is 33.5 Å². The van der Waals surface area contributed by atoms with Crippen LogP contribution in [0.5, 0.6) is 0 Å². The van der Waals surface area contributed by atoms with Gasteiger partial charge in [-0.25, -0.2) is 4.39 Å². The van der Waals surface area contributed by atoms with Gasteiger partial charge in [-0.1, -0.05) is 0 Å². The van der Waals surface area contributed by atoms with E-state index in [1.54, 1.807) is 6.26 Å². The van der Waals surface area contributed by atoms with Crippen molar-refractivity contribution >= 4 is 5.78 Å². The molecule has 0 saturated carbocycles. The minimum Gasteiger partial charge on any atom is -0.469 e. The molecule has 0 aliphatic carbocycles. The van der Waals surface area contributed by atoms with Crippen LogP contribution in [-0.2, 0) is 6.54 Å². The van der Waals surface area contributed by atoms with Crippen LogP contribution in [0.3, 0.4) is 0 Å². The number of ketones is 1. The van der Waals surface area contributed by atoms with E-state index in [2.05, 4.69) is 4.90 Å². The average Bonchev–Trinajstić information content (AvgIpc) is 2.85. The molecule has 3 nitrogen and oxygen atoms in total. The van der Waals surface area contributed by atoms with Gasteiger partial charge < -0.3 is 9.32 Å². The molecule has 0 fully saturated rings. The molecule has 0 aliphatic rings. The standard InChI is InChI=1S/C17H20FNO2/c1-13-15(9-11-21-13)12-19(2)10-3-4-17(20)14-5-7-16(18)8-6-14/h5-9,11H,3-4,10,12H2,1-2H3. The summed E-state index contributed by atoms with van der Waals surface area (Å²) in [5, 5.41) is 0. The highest BCUT2D eigenvalue weighted by Gasteiger charge is 2.08. The fourth-order valence-electron chi connectivity index (χ4n) is 2.23. The largest absolute Gasteiger partial charge is 0.469 e. The molecule has 0 unspecified atom stereocenters. The zero-order valence-corrected chi connectivity index (χ0v) is 12.4. The summed E-state index contributed by atoms with van der Waals surface area (Å²) >= 11 is 0. The van der Waals surface area contributed by atoms with Crippen LogP contribution in [-0.4, -0.2) is 24.3 Å². The third-order valence-corrected chi connectivity index (χ3v) is 3.52. The van der Waals surface area contributed by atoms with Crippen LogP contribution in [0.4, 0.5) is 4.39 Å². The highest BCUT2D eigenvalue weighted by atomic mass is 19.1. The van der Waals surface area contributed by atoms with Crippen molar-refractivity contribution in [1.82, 2.24) is 4.90 Å². The maximum absolute atomic E-state index is 12.8. The Labute approximate surface area is 124 Å². The van der Waals surface area contributed by atoms with Gasteiger partial charge >= 0.3 is 0 Å². The summed E-state index contributed by atoms with van der Waals surface area (Å²) in [5.41, 5.74) is 1.74. The van der Waals surface area contributed by atoms with E-state index in [0.717, 1.165) is 25.3 Å². The van der Waals surface area contributed by atoms with E-state index in [9.17, 15) is 9.18 Å². The molecule has 21 heavy (non-hydrogen) atoms. The van der Waals surface area contributed by atoms with Gasteiger partial charge in [-0.15, -0.1) is 0 Å². The van der Waals surface area contributed by atoms with Crippen LogP contribution in [0.25, 0.3) is 0 Å². The van der Waals surface area contributed by atoms with Gasteiger partial charge in [-0.05, 0) is 57.3 Å². The van der Waals surface area contributed by atoms with Crippen LogP contribution in [0.2, 0.25) is 0 Å².